The number of benzene rings is 3. The molecule has 0 aliphatic heterocycles. The Morgan fingerprint density at radius 1 is 1.00 bits per heavy atom. The molecular formula is C26H27Cl2N3O5S. The third-order valence-electron chi connectivity index (χ3n) is 5.69. The molecule has 0 heterocycles. The standard InChI is InChI=1S/C26H27Cl2N3O5S/c1-18(26(33)29-2)30(16-19-8-7-9-20(27)14-19)25(32)17-31(21-12-13-24(36-3)23(28)15-21)37(34,35)22-10-5-4-6-11-22/h4-15,18H,16-17H2,1-3H3,(H,29,33)/t18-/m0/s1. The molecule has 0 spiro atoms. The number of rotatable bonds is 10. The van der Waals surface area contributed by atoms with Crippen LogP contribution in [0.15, 0.2) is 77.7 Å². The highest BCUT2D eigenvalue weighted by Gasteiger charge is 2.32. The predicted octanol–water partition coefficient (Wildman–Crippen LogP) is 4.36. The van der Waals surface area contributed by atoms with E-state index in [0.29, 0.717) is 16.3 Å². The van der Waals surface area contributed by atoms with Crippen molar-refractivity contribution in [1.82, 2.24) is 10.2 Å². The molecule has 0 saturated carbocycles. The summed E-state index contributed by atoms with van der Waals surface area (Å²) >= 11 is 12.4. The van der Waals surface area contributed by atoms with E-state index < -0.39 is 34.4 Å². The molecule has 1 atom stereocenters. The fourth-order valence-electron chi connectivity index (χ4n) is 3.68. The van der Waals surface area contributed by atoms with E-state index in [9.17, 15) is 18.0 Å². The first kappa shape index (κ1) is 28.3. The minimum absolute atomic E-state index is 0.00418. The second kappa shape index (κ2) is 12.3. The highest BCUT2D eigenvalue weighted by molar-refractivity contribution is 7.92. The number of sulfonamides is 1. The van der Waals surface area contributed by atoms with Crippen molar-refractivity contribution >= 4 is 50.7 Å². The number of likely N-dealkylation sites (N-methyl/N-ethyl adjacent to an activating group) is 1. The lowest BCUT2D eigenvalue weighted by Gasteiger charge is -2.32. The van der Waals surface area contributed by atoms with Gasteiger partial charge < -0.3 is 15.0 Å². The Balaban J connectivity index is 2.06. The lowest BCUT2D eigenvalue weighted by molar-refractivity contribution is -0.139. The molecule has 11 heteroatoms. The van der Waals surface area contributed by atoms with Crippen LogP contribution in [-0.4, -0.2) is 51.9 Å². The summed E-state index contributed by atoms with van der Waals surface area (Å²) in [5.41, 5.74) is 0.847. The summed E-state index contributed by atoms with van der Waals surface area (Å²) < 4.78 is 33.6. The van der Waals surface area contributed by atoms with E-state index in [2.05, 4.69) is 5.32 Å². The fraction of sp³-hybridized carbons (Fsp3) is 0.231. The summed E-state index contributed by atoms with van der Waals surface area (Å²) in [7, 11) is -1.28. The van der Waals surface area contributed by atoms with Crippen LogP contribution in [0.1, 0.15) is 12.5 Å². The maximum atomic E-state index is 13.7. The molecule has 3 rings (SSSR count). The average molecular weight is 564 g/mol. The molecule has 0 aliphatic carbocycles. The van der Waals surface area contributed by atoms with Gasteiger partial charge >= 0.3 is 0 Å². The van der Waals surface area contributed by atoms with Crippen LogP contribution in [0.25, 0.3) is 0 Å². The second-order valence-corrected chi connectivity index (χ2v) is 10.8. The largest absolute Gasteiger partial charge is 0.495 e. The molecule has 2 amide bonds. The van der Waals surface area contributed by atoms with Crippen molar-refractivity contribution in [3.8, 4) is 5.75 Å². The maximum Gasteiger partial charge on any atom is 0.264 e. The van der Waals surface area contributed by atoms with Crippen molar-refractivity contribution in [1.29, 1.82) is 0 Å². The van der Waals surface area contributed by atoms with Crippen LogP contribution >= 0.6 is 23.2 Å². The molecule has 1 N–H and O–H groups in total. The molecular weight excluding hydrogens is 537 g/mol. The molecule has 37 heavy (non-hydrogen) atoms. The molecule has 8 nitrogen and oxygen atoms in total. The van der Waals surface area contributed by atoms with Gasteiger partial charge in [0, 0.05) is 18.6 Å². The smallest absolute Gasteiger partial charge is 0.264 e. The fourth-order valence-corrected chi connectivity index (χ4v) is 5.57. The molecule has 0 saturated heterocycles. The molecule has 3 aromatic carbocycles. The van der Waals surface area contributed by atoms with Crippen molar-refractivity contribution in [2.45, 2.75) is 24.4 Å². The van der Waals surface area contributed by atoms with Gasteiger partial charge in [0.15, 0.2) is 0 Å². The number of methoxy groups -OCH3 is 1. The lowest BCUT2D eigenvalue weighted by atomic mass is 10.1. The number of nitrogens with zero attached hydrogens (tertiary/aromatic N) is 2. The molecule has 196 valence electrons. The van der Waals surface area contributed by atoms with Crippen molar-refractivity contribution < 1.29 is 22.7 Å². The molecule has 3 aromatic rings. The van der Waals surface area contributed by atoms with Crippen LogP contribution in [-0.2, 0) is 26.2 Å². The van der Waals surface area contributed by atoms with Gasteiger partial charge in [0.1, 0.15) is 18.3 Å². The van der Waals surface area contributed by atoms with Gasteiger partial charge in [0.05, 0.1) is 22.7 Å². The molecule has 0 radical (unpaired) electrons. The van der Waals surface area contributed by atoms with Gasteiger partial charge in [-0.3, -0.25) is 13.9 Å². The van der Waals surface area contributed by atoms with E-state index in [-0.39, 0.29) is 22.2 Å². The number of ether oxygens (including phenoxy) is 1. The van der Waals surface area contributed by atoms with E-state index in [1.54, 1.807) is 49.4 Å². The van der Waals surface area contributed by atoms with E-state index in [1.165, 1.54) is 49.4 Å². The molecule has 0 aromatic heterocycles. The normalized spacial score (nSPS) is 11.9. The average Bonchev–Trinajstić information content (AvgIpc) is 2.89. The van der Waals surface area contributed by atoms with Crippen LogP contribution < -0.4 is 14.4 Å². The van der Waals surface area contributed by atoms with Gasteiger partial charge in [-0.2, -0.15) is 0 Å². The van der Waals surface area contributed by atoms with Gasteiger partial charge in [0.2, 0.25) is 11.8 Å². The summed E-state index contributed by atoms with van der Waals surface area (Å²) in [4.78, 5) is 27.5. The van der Waals surface area contributed by atoms with E-state index in [0.717, 1.165) is 4.31 Å². The highest BCUT2D eigenvalue weighted by atomic mass is 35.5. The van der Waals surface area contributed by atoms with Crippen LogP contribution in [0.2, 0.25) is 10.0 Å². The van der Waals surface area contributed by atoms with Gasteiger partial charge in [-0.1, -0.05) is 53.5 Å². The third-order valence-corrected chi connectivity index (χ3v) is 8.01. The number of hydrogen-bond acceptors (Lipinski definition) is 5. The van der Waals surface area contributed by atoms with E-state index in [1.807, 2.05) is 0 Å². The Morgan fingerprint density at radius 3 is 2.30 bits per heavy atom. The zero-order valence-electron chi connectivity index (χ0n) is 20.5. The predicted molar refractivity (Wildman–Crippen MR) is 145 cm³/mol. The lowest BCUT2D eigenvalue weighted by Crippen LogP contribution is -2.50. The number of amides is 2. The molecule has 0 aliphatic rings. The van der Waals surface area contributed by atoms with E-state index in [4.69, 9.17) is 27.9 Å². The third kappa shape index (κ3) is 6.74. The second-order valence-electron chi connectivity index (χ2n) is 8.09. The molecule has 0 unspecified atom stereocenters. The first-order valence-electron chi connectivity index (χ1n) is 11.2. The zero-order chi connectivity index (χ0) is 27.2. The summed E-state index contributed by atoms with van der Waals surface area (Å²) in [6, 6.07) is 18.2. The first-order chi connectivity index (χ1) is 17.6. The molecule has 0 fully saturated rings. The van der Waals surface area contributed by atoms with Crippen LogP contribution in [0.5, 0.6) is 5.75 Å². The Bertz CT molecular complexity index is 1370. The Labute approximate surface area is 226 Å². The number of carbonyl (C=O) groups excluding carboxylic acids is 2. The maximum absolute atomic E-state index is 13.7. The van der Waals surface area contributed by atoms with Crippen LogP contribution in [0.3, 0.4) is 0 Å². The monoisotopic (exact) mass is 563 g/mol. The Hall–Kier alpha value is -3.27. The van der Waals surface area contributed by atoms with Crippen LogP contribution in [0, 0.1) is 0 Å². The van der Waals surface area contributed by atoms with Crippen LogP contribution in [0.4, 0.5) is 5.69 Å². The number of halogens is 2. The Morgan fingerprint density at radius 2 is 1.70 bits per heavy atom. The summed E-state index contributed by atoms with van der Waals surface area (Å²) in [5.74, 6) is -0.646. The topological polar surface area (TPSA) is 96.0 Å². The minimum Gasteiger partial charge on any atom is -0.495 e. The number of anilines is 1. The quantitative estimate of drug-likeness (QED) is 0.395. The van der Waals surface area contributed by atoms with Crippen molar-refractivity contribution in [2.75, 3.05) is 25.0 Å². The van der Waals surface area contributed by atoms with Crippen molar-refractivity contribution in [3.63, 3.8) is 0 Å². The first-order valence-corrected chi connectivity index (χ1v) is 13.4. The minimum atomic E-state index is -4.19. The summed E-state index contributed by atoms with van der Waals surface area (Å²) in [6.45, 7) is 1.03. The molecule has 0 bridgehead atoms. The zero-order valence-corrected chi connectivity index (χ0v) is 22.8. The van der Waals surface area contributed by atoms with Gasteiger partial charge in [-0.05, 0) is 55.0 Å². The summed E-state index contributed by atoms with van der Waals surface area (Å²) in [6.07, 6.45) is 0. The van der Waals surface area contributed by atoms with Gasteiger partial charge in [-0.25, -0.2) is 8.42 Å². The van der Waals surface area contributed by atoms with Gasteiger partial charge in [-0.15, -0.1) is 0 Å². The van der Waals surface area contributed by atoms with Crippen molar-refractivity contribution in [3.05, 3.63) is 88.4 Å². The number of carbonyl (C=O) groups is 2. The number of nitrogens with one attached hydrogen (secondary N) is 1. The van der Waals surface area contributed by atoms with Crippen molar-refractivity contribution in [2.24, 2.45) is 0 Å². The van der Waals surface area contributed by atoms with E-state index >= 15 is 0 Å². The Kier molecular flexibility index (Phi) is 9.42. The van der Waals surface area contributed by atoms with Gasteiger partial charge in [0.25, 0.3) is 10.0 Å². The highest BCUT2D eigenvalue weighted by Crippen LogP contribution is 2.32. The number of hydrogen-bond donors (Lipinski definition) is 1. The SMILES string of the molecule is CNC(=O)[C@H](C)N(Cc1cccc(Cl)c1)C(=O)CN(c1ccc(OC)c(Cl)c1)S(=O)(=O)c1ccccc1. The summed E-state index contributed by atoms with van der Waals surface area (Å²) in [5, 5.41) is 3.18.